The zero-order chi connectivity index (χ0) is 18.6. The molecule has 1 aromatic carbocycles. The van der Waals surface area contributed by atoms with Crippen LogP contribution in [-0.2, 0) is 16.1 Å². The summed E-state index contributed by atoms with van der Waals surface area (Å²) in [6, 6.07) is 7.52. The molecule has 0 unspecified atom stereocenters. The molecule has 1 heterocycles. The Morgan fingerprint density at radius 2 is 2.12 bits per heavy atom. The number of amides is 1. The fourth-order valence-corrected chi connectivity index (χ4v) is 2.29. The van der Waals surface area contributed by atoms with E-state index in [1.165, 1.54) is 6.20 Å². The number of nitriles is 1. The number of nitrogens with zero attached hydrogens (tertiary/aromatic N) is 1. The maximum atomic E-state index is 12.0. The summed E-state index contributed by atoms with van der Waals surface area (Å²) < 4.78 is 16.0. The second-order valence-electron chi connectivity index (χ2n) is 5.81. The molecule has 0 saturated carbocycles. The molecule has 0 saturated heterocycles. The van der Waals surface area contributed by atoms with Gasteiger partial charge in [0.25, 0.3) is 5.91 Å². The van der Waals surface area contributed by atoms with Crippen molar-refractivity contribution in [3.8, 4) is 17.6 Å². The summed E-state index contributed by atoms with van der Waals surface area (Å²) in [6.07, 6.45) is 4.30. The van der Waals surface area contributed by atoms with Crippen molar-refractivity contribution in [1.29, 1.82) is 5.26 Å². The van der Waals surface area contributed by atoms with Gasteiger partial charge in [-0.05, 0) is 30.5 Å². The molecule has 7 heteroatoms. The van der Waals surface area contributed by atoms with E-state index >= 15 is 0 Å². The van der Waals surface area contributed by atoms with Gasteiger partial charge in [0.1, 0.15) is 11.6 Å². The topological polar surface area (TPSA) is 92.6 Å². The van der Waals surface area contributed by atoms with E-state index in [4.69, 9.17) is 19.5 Å². The van der Waals surface area contributed by atoms with Crippen LogP contribution >= 0.6 is 0 Å². The first kappa shape index (κ1) is 19.6. The Morgan fingerprint density at radius 3 is 2.92 bits per heavy atom. The van der Waals surface area contributed by atoms with Gasteiger partial charge in [0, 0.05) is 32.5 Å². The number of fused-ring (bicyclic) bond motifs is 1. The molecule has 0 aromatic heterocycles. The number of carbonyl (C=O) groups is 1. The highest BCUT2D eigenvalue weighted by molar-refractivity contribution is 5.97. The van der Waals surface area contributed by atoms with Crippen LogP contribution in [0.15, 0.2) is 30.0 Å². The van der Waals surface area contributed by atoms with Crippen LogP contribution < -0.4 is 20.1 Å². The van der Waals surface area contributed by atoms with Gasteiger partial charge in [-0.15, -0.1) is 0 Å². The van der Waals surface area contributed by atoms with Crippen LogP contribution in [-0.4, -0.2) is 32.5 Å². The molecule has 1 amide bonds. The Kier molecular flexibility index (Phi) is 8.30. The lowest BCUT2D eigenvalue weighted by atomic mass is 10.2. The number of benzene rings is 1. The van der Waals surface area contributed by atoms with Crippen molar-refractivity contribution in [2.45, 2.75) is 32.7 Å². The number of hydrogen-bond donors (Lipinski definition) is 2. The molecule has 0 aliphatic carbocycles. The highest BCUT2D eigenvalue weighted by Crippen LogP contribution is 2.32. The van der Waals surface area contributed by atoms with Crippen molar-refractivity contribution < 1.29 is 19.0 Å². The van der Waals surface area contributed by atoms with Crippen LogP contribution in [0.2, 0.25) is 0 Å². The zero-order valence-corrected chi connectivity index (χ0v) is 15.0. The van der Waals surface area contributed by atoms with Crippen molar-refractivity contribution in [3.63, 3.8) is 0 Å². The smallest absolute Gasteiger partial charge is 0.263 e. The summed E-state index contributed by atoms with van der Waals surface area (Å²) in [7, 11) is 0. The highest BCUT2D eigenvalue weighted by Gasteiger charge is 2.13. The normalized spacial score (nSPS) is 12.5. The quantitative estimate of drug-likeness (QED) is 0.358. The Bertz CT molecular complexity index is 667. The van der Waals surface area contributed by atoms with E-state index in [1.807, 2.05) is 24.3 Å². The van der Waals surface area contributed by atoms with Gasteiger partial charge >= 0.3 is 0 Å². The van der Waals surface area contributed by atoms with Crippen molar-refractivity contribution >= 4 is 5.91 Å². The number of rotatable bonds is 11. The predicted molar refractivity (Wildman–Crippen MR) is 96.5 cm³/mol. The number of hydrogen-bond acceptors (Lipinski definition) is 6. The predicted octanol–water partition coefficient (Wildman–Crippen LogP) is 2.24. The third kappa shape index (κ3) is 6.30. The molecule has 140 valence electrons. The lowest BCUT2D eigenvalue weighted by molar-refractivity contribution is -0.117. The number of unbranched alkanes of at least 4 members (excludes halogenated alkanes) is 1. The highest BCUT2D eigenvalue weighted by atomic mass is 16.7. The summed E-state index contributed by atoms with van der Waals surface area (Å²) in [6.45, 7) is 4.65. The van der Waals surface area contributed by atoms with E-state index in [2.05, 4.69) is 17.6 Å². The molecule has 1 aliphatic rings. The van der Waals surface area contributed by atoms with Crippen molar-refractivity contribution in [1.82, 2.24) is 10.6 Å². The van der Waals surface area contributed by atoms with Gasteiger partial charge in [-0.1, -0.05) is 19.4 Å². The molecular formula is C19H25N3O4. The number of carbonyl (C=O) groups excluding carboxylic acids is 1. The van der Waals surface area contributed by atoms with Gasteiger partial charge < -0.3 is 24.8 Å². The Hall–Kier alpha value is -2.72. The van der Waals surface area contributed by atoms with E-state index in [0.717, 1.165) is 37.2 Å². The second kappa shape index (κ2) is 11.0. The van der Waals surface area contributed by atoms with Crippen LogP contribution in [0.4, 0.5) is 0 Å². The van der Waals surface area contributed by atoms with Crippen LogP contribution in [0.3, 0.4) is 0 Å². The molecular weight excluding hydrogens is 334 g/mol. The van der Waals surface area contributed by atoms with Crippen molar-refractivity contribution in [2.24, 2.45) is 0 Å². The van der Waals surface area contributed by atoms with Gasteiger partial charge in [0.05, 0.1) is 0 Å². The van der Waals surface area contributed by atoms with E-state index in [1.54, 1.807) is 0 Å². The Morgan fingerprint density at radius 1 is 1.31 bits per heavy atom. The second-order valence-corrected chi connectivity index (χ2v) is 5.81. The average molecular weight is 359 g/mol. The zero-order valence-electron chi connectivity index (χ0n) is 15.0. The van der Waals surface area contributed by atoms with Crippen molar-refractivity contribution in [3.05, 3.63) is 35.5 Å². The van der Waals surface area contributed by atoms with Crippen molar-refractivity contribution in [2.75, 3.05) is 26.6 Å². The van der Waals surface area contributed by atoms with Crippen LogP contribution in [0.5, 0.6) is 11.5 Å². The molecule has 1 aliphatic heterocycles. The summed E-state index contributed by atoms with van der Waals surface area (Å²) in [5.41, 5.74) is 1.00. The Balaban J connectivity index is 1.69. The van der Waals surface area contributed by atoms with Gasteiger partial charge in [0.2, 0.25) is 6.79 Å². The molecule has 2 rings (SSSR count). The van der Waals surface area contributed by atoms with E-state index < -0.39 is 0 Å². The monoisotopic (exact) mass is 359 g/mol. The summed E-state index contributed by atoms with van der Waals surface area (Å²) >= 11 is 0. The minimum absolute atomic E-state index is 0.0395. The molecule has 1 aromatic rings. The van der Waals surface area contributed by atoms with Crippen LogP contribution in [0.1, 0.15) is 31.7 Å². The maximum Gasteiger partial charge on any atom is 0.263 e. The molecule has 0 fully saturated rings. The fraction of sp³-hybridized carbons (Fsp3) is 0.474. The summed E-state index contributed by atoms with van der Waals surface area (Å²) in [5, 5.41) is 14.8. The van der Waals surface area contributed by atoms with Gasteiger partial charge in [-0.2, -0.15) is 5.26 Å². The first-order chi connectivity index (χ1) is 12.7. The average Bonchev–Trinajstić information content (AvgIpc) is 3.12. The molecule has 0 spiro atoms. The van der Waals surface area contributed by atoms with Crippen LogP contribution in [0, 0.1) is 11.3 Å². The summed E-state index contributed by atoms with van der Waals surface area (Å²) in [5.74, 6) is 1.03. The SMILES string of the molecule is CCCCOCCCNC(=O)/C(C#N)=C\NCc1ccc2c(c1)OCO2. The molecule has 2 N–H and O–H groups in total. The van der Waals surface area contributed by atoms with Gasteiger partial charge in [-0.25, -0.2) is 0 Å². The number of nitrogens with one attached hydrogen (secondary N) is 2. The molecule has 26 heavy (non-hydrogen) atoms. The minimum Gasteiger partial charge on any atom is -0.454 e. The Labute approximate surface area is 153 Å². The third-order valence-corrected chi connectivity index (χ3v) is 3.75. The fourth-order valence-electron chi connectivity index (χ4n) is 2.29. The standard InChI is InChI=1S/C19H25N3O4/c1-2-3-8-24-9-4-7-22-19(23)16(11-20)13-21-12-15-5-6-17-18(10-15)26-14-25-17/h5-6,10,13,21H,2-4,7-9,12,14H2,1H3,(H,22,23)/b16-13-. The van der Waals surface area contributed by atoms with E-state index in [-0.39, 0.29) is 18.3 Å². The minimum atomic E-state index is -0.390. The van der Waals surface area contributed by atoms with E-state index in [0.29, 0.717) is 25.4 Å². The molecule has 0 bridgehead atoms. The lowest BCUT2D eigenvalue weighted by Gasteiger charge is -2.06. The maximum absolute atomic E-state index is 12.0. The van der Waals surface area contributed by atoms with Gasteiger partial charge in [-0.3, -0.25) is 4.79 Å². The lowest BCUT2D eigenvalue weighted by Crippen LogP contribution is -2.27. The summed E-state index contributed by atoms with van der Waals surface area (Å²) in [4.78, 5) is 12.0. The molecule has 0 radical (unpaired) electrons. The van der Waals surface area contributed by atoms with E-state index in [9.17, 15) is 4.79 Å². The first-order valence-corrected chi connectivity index (χ1v) is 8.82. The molecule has 7 nitrogen and oxygen atoms in total. The number of ether oxygens (including phenoxy) is 3. The van der Waals surface area contributed by atoms with Crippen LogP contribution in [0.25, 0.3) is 0 Å². The third-order valence-electron chi connectivity index (χ3n) is 3.75. The first-order valence-electron chi connectivity index (χ1n) is 8.82. The van der Waals surface area contributed by atoms with Gasteiger partial charge in [0.15, 0.2) is 11.5 Å². The molecule has 0 atom stereocenters. The largest absolute Gasteiger partial charge is 0.454 e.